The van der Waals surface area contributed by atoms with E-state index >= 15 is 0 Å². The summed E-state index contributed by atoms with van der Waals surface area (Å²) in [7, 11) is 1.75. The van der Waals surface area contributed by atoms with Gasteiger partial charge in [0.1, 0.15) is 0 Å². The Hall–Kier alpha value is -1.92. The molecule has 1 aromatic carbocycles. The average molecular weight is 447 g/mol. The first-order valence-electron chi connectivity index (χ1n) is 11.4. The fourth-order valence-electron chi connectivity index (χ4n) is 5.34. The molecule has 3 fully saturated rings. The van der Waals surface area contributed by atoms with Crippen molar-refractivity contribution in [3.8, 4) is 0 Å². The van der Waals surface area contributed by atoms with Gasteiger partial charge in [-0.05, 0) is 43.7 Å². The van der Waals surface area contributed by atoms with Crippen LogP contribution in [0.15, 0.2) is 24.3 Å². The maximum absolute atomic E-state index is 13.8. The molecule has 0 unspecified atom stereocenters. The number of carbonyl (C=O) groups is 3. The van der Waals surface area contributed by atoms with Crippen molar-refractivity contribution in [2.45, 2.75) is 75.3 Å². The van der Waals surface area contributed by atoms with Gasteiger partial charge >= 0.3 is 0 Å². The summed E-state index contributed by atoms with van der Waals surface area (Å²) < 4.78 is 5.78. The van der Waals surface area contributed by atoms with Crippen LogP contribution in [-0.2, 0) is 24.5 Å². The Balaban J connectivity index is 1.61. The van der Waals surface area contributed by atoms with Crippen LogP contribution in [0.2, 0.25) is 5.02 Å². The molecule has 31 heavy (non-hydrogen) atoms. The Morgan fingerprint density at radius 2 is 1.87 bits per heavy atom. The first kappa shape index (κ1) is 22.3. The van der Waals surface area contributed by atoms with Crippen molar-refractivity contribution in [2.75, 3.05) is 20.2 Å². The quantitative estimate of drug-likeness (QED) is 0.625. The van der Waals surface area contributed by atoms with Crippen LogP contribution < -0.4 is 0 Å². The number of amides is 3. The number of likely N-dealkylation sites (tertiary alicyclic amines) is 1. The number of benzene rings is 1. The lowest BCUT2D eigenvalue weighted by atomic mass is 9.75. The Morgan fingerprint density at radius 1 is 1.16 bits per heavy atom. The molecular formula is C24H31ClN2O4. The van der Waals surface area contributed by atoms with Crippen molar-refractivity contribution in [1.82, 2.24) is 9.80 Å². The first-order chi connectivity index (χ1) is 14.9. The number of carbonyl (C=O) groups excluding carboxylic acids is 3. The molecule has 1 saturated carbocycles. The second-order valence-electron chi connectivity index (χ2n) is 9.19. The number of hydrogen-bond acceptors (Lipinski definition) is 4. The van der Waals surface area contributed by atoms with E-state index in [0.29, 0.717) is 17.1 Å². The third kappa shape index (κ3) is 4.37. The number of likely N-dealkylation sites (N-methyl/N-ethyl adjacent to an activating group) is 1. The third-order valence-electron chi connectivity index (χ3n) is 7.06. The number of nitrogens with zero attached hydrogens (tertiary/aromatic N) is 2. The standard InChI is InChI=1S/C24H31ClN2O4/c1-26(16-18-10-6-7-13-31-18)21(28)14-24(19-11-4-5-12-20(19)25)15-22(29)27(23(24)30)17-8-2-3-9-17/h4-5,11-12,17-18H,2-3,6-10,13-16H2,1H3/t18-,24-/m0/s1. The molecule has 2 atom stereocenters. The van der Waals surface area contributed by atoms with Crippen LogP contribution in [0.3, 0.4) is 0 Å². The number of hydrogen-bond donors (Lipinski definition) is 0. The molecule has 6 nitrogen and oxygen atoms in total. The normalized spacial score (nSPS) is 27.2. The van der Waals surface area contributed by atoms with Crippen LogP contribution in [-0.4, -0.2) is 59.9 Å². The molecule has 7 heteroatoms. The first-order valence-corrected chi connectivity index (χ1v) is 11.8. The van der Waals surface area contributed by atoms with Gasteiger partial charge in [-0.15, -0.1) is 0 Å². The van der Waals surface area contributed by atoms with E-state index in [-0.39, 0.29) is 42.7 Å². The van der Waals surface area contributed by atoms with E-state index in [9.17, 15) is 14.4 Å². The van der Waals surface area contributed by atoms with E-state index in [4.69, 9.17) is 16.3 Å². The number of halogens is 1. The Bertz CT molecular complexity index is 848. The smallest absolute Gasteiger partial charge is 0.241 e. The van der Waals surface area contributed by atoms with E-state index in [2.05, 4.69) is 0 Å². The molecule has 0 radical (unpaired) electrons. The van der Waals surface area contributed by atoms with Crippen LogP contribution in [0.25, 0.3) is 0 Å². The highest BCUT2D eigenvalue weighted by Crippen LogP contribution is 2.45. The van der Waals surface area contributed by atoms with Crippen molar-refractivity contribution in [3.05, 3.63) is 34.9 Å². The lowest BCUT2D eigenvalue weighted by molar-refractivity contribution is -0.144. The summed E-state index contributed by atoms with van der Waals surface area (Å²) >= 11 is 6.51. The molecule has 168 valence electrons. The highest BCUT2D eigenvalue weighted by molar-refractivity contribution is 6.32. The highest BCUT2D eigenvalue weighted by atomic mass is 35.5. The summed E-state index contributed by atoms with van der Waals surface area (Å²) in [5, 5.41) is 0.419. The molecule has 1 aliphatic carbocycles. The number of rotatable bonds is 6. The maximum atomic E-state index is 13.8. The molecule has 2 saturated heterocycles. The number of ether oxygens (including phenoxy) is 1. The summed E-state index contributed by atoms with van der Waals surface area (Å²) in [4.78, 5) is 43.2. The van der Waals surface area contributed by atoms with Crippen LogP contribution >= 0.6 is 11.6 Å². The molecule has 3 amide bonds. The van der Waals surface area contributed by atoms with E-state index in [1.165, 1.54) is 4.90 Å². The summed E-state index contributed by atoms with van der Waals surface area (Å²) in [5.74, 6) is -0.625. The van der Waals surface area contributed by atoms with E-state index in [0.717, 1.165) is 51.6 Å². The third-order valence-corrected chi connectivity index (χ3v) is 7.39. The summed E-state index contributed by atoms with van der Waals surface area (Å²) in [5.41, 5.74) is -0.664. The van der Waals surface area contributed by atoms with Gasteiger partial charge in [0.05, 0.1) is 11.5 Å². The lowest BCUT2D eigenvalue weighted by Gasteiger charge is -2.32. The fraction of sp³-hybridized carbons (Fsp3) is 0.625. The van der Waals surface area contributed by atoms with Gasteiger partial charge in [0, 0.05) is 44.1 Å². The van der Waals surface area contributed by atoms with Gasteiger partial charge < -0.3 is 9.64 Å². The molecular weight excluding hydrogens is 416 g/mol. The monoisotopic (exact) mass is 446 g/mol. The van der Waals surface area contributed by atoms with Gasteiger partial charge in [-0.25, -0.2) is 0 Å². The molecule has 0 aromatic heterocycles. The van der Waals surface area contributed by atoms with Gasteiger partial charge in [0.25, 0.3) is 0 Å². The van der Waals surface area contributed by atoms with Gasteiger partial charge in [0.2, 0.25) is 17.7 Å². The summed E-state index contributed by atoms with van der Waals surface area (Å²) in [6, 6.07) is 7.04. The van der Waals surface area contributed by atoms with Gasteiger partial charge in [-0.3, -0.25) is 19.3 Å². The Labute approximate surface area is 188 Å². The van der Waals surface area contributed by atoms with Crippen molar-refractivity contribution in [3.63, 3.8) is 0 Å². The summed E-state index contributed by atoms with van der Waals surface area (Å²) in [6.07, 6.45) is 6.74. The predicted molar refractivity (Wildman–Crippen MR) is 118 cm³/mol. The molecule has 4 rings (SSSR count). The molecule has 0 bridgehead atoms. The topological polar surface area (TPSA) is 66.9 Å². The molecule has 0 N–H and O–H groups in total. The largest absolute Gasteiger partial charge is 0.376 e. The average Bonchev–Trinajstić information content (AvgIpc) is 3.36. The van der Waals surface area contributed by atoms with Gasteiger partial charge in [-0.1, -0.05) is 42.6 Å². The van der Waals surface area contributed by atoms with Gasteiger partial charge in [0.15, 0.2) is 0 Å². The Morgan fingerprint density at radius 3 is 2.55 bits per heavy atom. The van der Waals surface area contributed by atoms with Crippen molar-refractivity contribution < 1.29 is 19.1 Å². The molecule has 1 aromatic rings. The van der Waals surface area contributed by atoms with Crippen molar-refractivity contribution in [1.29, 1.82) is 0 Å². The van der Waals surface area contributed by atoms with Gasteiger partial charge in [-0.2, -0.15) is 0 Å². The van der Waals surface area contributed by atoms with Crippen LogP contribution in [0, 0.1) is 0 Å². The minimum atomic E-state index is -1.24. The Kier molecular flexibility index (Phi) is 6.68. The molecule has 3 aliphatic rings. The molecule has 0 spiro atoms. The minimum absolute atomic E-state index is 0.00836. The fourth-order valence-corrected chi connectivity index (χ4v) is 5.66. The zero-order chi connectivity index (χ0) is 22.0. The van der Waals surface area contributed by atoms with E-state index in [1.807, 2.05) is 6.07 Å². The van der Waals surface area contributed by atoms with Crippen LogP contribution in [0.4, 0.5) is 0 Å². The zero-order valence-corrected chi connectivity index (χ0v) is 18.9. The van der Waals surface area contributed by atoms with Crippen molar-refractivity contribution in [2.24, 2.45) is 0 Å². The SMILES string of the molecule is CN(C[C@@H]1CCCCO1)C(=O)C[C@@]1(c2ccccc2Cl)CC(=O)N(C2CCCC2)C1=O. The second-order valence-corrected chi connectivity index (χ2v) is 9.59. The predicted octanol–water partition coefficient (Wildman–Crippen LogP) is 3.70. The van der Waals surface area contributed by atoms with Crippen LogP contribution in [0.1, 0.15) is 63.4 Å². The zero-order valence-electron chi connectivity index (χ0n) is 18.1. The number of imide groups is 1. The molecule has 2 heterocycles. The summed E-state index contributed by atoms with van der Waals surface area (Å²) in [6.45, 7) is 1.21. The molecule has 2 aliphatic heterocycles. The lowest BCUT2D eigenvalue weighted by Crippen LogP contribution is -2.46. The maximum Gasteiger partial charge on any atom is 0.241 e. The van der Waals surface area contributed by atoms with Crippen molar-refractivity contribution >= 4 is 29.3 Å². The minimum Gasteiger partial charge on any atom is -0.376 e. The van der Waals surface area contributed by atoms with E-state index < -0.39 is 5.41 Å². The van der Waals surface area contributed by atoms with Crippen LogP contribution in [0.5, 0.6) is 0 Å². The second kappa shape index (κ2) is 9.29. The highest BCUT2D eigenvalue weighted by Gasteiger charge is 2.56. The van der Waals surface area contributed by atoms with E-state index in [1.54, 1.807) is 30.1 Å².